The highest BCUT2D eigenvalue weighted by molar-refractivity contribution is 5.91. The lowest BCUT2D eigenvalue weighted by Gasteiger charge is -2.17. The van der Waals surface area contributed by atoms with E-state index in [2.05, 4.69) is 41.6 Å². The number of ether oxygens (including phenoxy) is 1. The minimum absolute atomic E-state index is 0. The summed E-state index contributed by atoms with van der Waals surface area (Å²) in [6, 6.07) is 8.28. The Bertz CT molecular complexity index is 780. The summed E-state index contributed by atoms with van der Waals surface area (Å²) in [5.74, 6) is 0.964. The van der Waals surface area contributed by atoms with Crippen LogP contribution in [0.2, 0.25) is 0 Å². The molecule has 3 rings (SSSR count). The number of hydrogen-bond acceptors (Lipinski definition) is 4. The molecule has 2 atom stereocenters. The zero-order chi connectivity index (χ0) is 20.5. The molecule has 0 bridgehead atoms. The summed E-state index contributed by atoms with van der Waals surface area (Å²) in [4.78, 5) is 14.1. The Morgan fingerprint density at radius 1 is 1.36 bits per heavy atom. The van der Waals surface area contributed by atoms with Gasteiger partial charge in [-0.2, -0.15) is 0 Å². The van der Waals surface area contributed by atoms with Crippen LogP contribution in [0.3, 0.4) is 0 Å². The molecule has 5 heteroatoms. The van der Waals surface area contributed by atoms with Gasteiger partial charge in [0, 0.05) is 27.1 Å². The maximum Gasteiger partial charge on any atom is 0.266 e. The van der Waals surface area contributed by atoms with Crippen molar-refractivity contribution in [1.82, 2.24) is 10.2 Å². The van der Waals surface area contributed by atoms with E-state index in [1.807, 2.05) is 44.2 Å². The van der Waals surface area contributed by atoms with Crippen molar-refractivity contribution < 1.29 is 11.0 Å². The maximum atomic E-state index is 11.7. The number of carbonyl (C=O) groups excluding carboxylic acids is 1. The third-order valence-electron chi connectivity index (χ3n) is 4.69. The van der Waals surface area contributed by atoms with Crippen molar-refractivity contribution >= 4 is 5.91 Å². The van der Waals surface area contributed by atoms with Gasteiger partial charge in [-0.1, -0.05) is 39.5 Å². The Morgan fingerprint density at radius 2 is 2.07 bits per heavy atom. The van der Waals surface area contributed by atoms with Crippen LogP contribution in [0.25, 0.3) is 0 Å². The van der Waals surface area contributed by atoms with Gasteiger partial charge in [-0.05, 0) is 47.4 Å². The number of carbonyl (C=O) groups is 1. The number of benzene rings is 1. The van der Waals surface area contributed by atoms with Gasteiger partial charge in [0.15, 0.2) is 0 Å². The number of nitrogens with one attached hydrogen (secondary N) is 1. The Labute approximate surface area is 169 Å². The molecule has 1 aromatic rings. The van der Waals surface area contributed by atoms with E-state index in [1.54, 1.807) is 0 Å². The first kappa shape index (κ1) is 21.5. The zero-order valence-corrected chi connectivity index (χ0v) is 17.1. The Hall–Kier alpha value is -2.75. The fourth-order valence-corrected chi connectivity index (χ4v) is 3.21. The van der Waals surface area contributed by atoms with Gasteiger partial charge >= 0.3 is 0 Å². The highest BCUT2D eigenvalue weighted by Gasteiger charge is 2.30. The lowest BCUT2D eigenvalue weighted by molar-refractivity contribution is -0.118. The Kier molecular flexibility index (Phi) is 8.12. The molecule has 1 amide bonds. The van der Waals surface area contributed by atoms with E-state index in [1.165, 1.54) is 5.56 Å². The van der Waals surface area contributed by atoms with Gasteiger partial charge in [-0.3, -0.25) is 9.69 Å². The molecule has 1 aliphatic heterocycles. The van der Waals surface area contributed by atoms with Crippen molar-refractivity contribution in [2.75, 3.05) is 19.7 Å². The molecule has 3 N–H and O–H groups in total. The molecule has 0 radical (unpaired) electrons. The normalized spacial score (nSPS) is 20.3. The fraction of sp³-hybridized carbons (Fsp3) is 0.391. The van der Waals surface area contributed by atoms with Gasteiger partial charge in [-0.15, -0.1) is 5.73 Å². The van der Waals surface area contributed by atoms with Gasteiger partial charge in [0.05, 0.1) is 5.70 Å². The Morgan fingerprint density at radius 3 is 2.68 bits per heavy atom. The molecular formula is C23H33N3O2. The average molecular weight is 384 g/mol. The molecule has 1 heterocycles. The van der Waals surface area contributed by atoms with Crippen LogP contribution >= 0.6 is 0 Å². The van der Waals surface area contributed by atoms with Crippen LogP contribution in [-0.2, 0) is 11.3 Å². The largest absolute Gasteiger partial charge is 0.489 e. The summed E-state index contributed by atoms with van der Waals surface area (Å²) < 4.78 is 5.77. The van der Waals surface area contributed by atoms with Crippen molar-refractivity contribution in [3.63, 3.8) is 0 Å². The minimum atomic E-state index is -0.271. The molecule has 28 heavy (non-hydrogen) atoms. The topological polar surface area (TPSA) is 67.6 Å². The molecule has 0 aromatic heterocycles. The van der Waals surface area contributed by atoms with Crippen LogP contribution in [0.5, 0.6) is 5.75 Å². The van der Waals surface area contributed by atoms with Crippen molar-refractivity contribution in [2.45, 2.75) is 33.4 Å². The van der Waals surface area contributed by atoms with Crippen LogP contribution in [0.1, 0.15) is 27.8 Å². The van der Waals surface area contributed by atoms with Gasteiger partial charge in [0.2, 0.25) is 0 Å². The predicted molar refractivity (Wildman–Crippen MR) is 116 cm³/mol. The smallest absolute Gasteiger partial charge is 0.266 e. The highest BCUT2D eigenvalue weighted by Crippen LogP contribution is 2.21. The molecule has 1 aromatic carbocycles. The van der Waals surface area contributed by atoms with Crippen LogP contribution < -0.4 is 15.8 Å². The number of amides is 1. The molecule has 1 fully saturated rings. The van der Waals surface area contributed by atoms with Crippen LogP contribution in [0, 0.1) is 5.92 Å². The monoisotopic (exact) mass is 383 g/mol. The molecular weight excluding hydrogens is 350 g/mol. The molecule has 2 aliphatic rings. The molecule has 0 unspecified atom stereocenters. The quantitative estimate of drug-likeness (QED) is 0.559. The standard InChI is InChI=1S/C21H25N3O2.C2H6.H2/c1-15-11-24(13-20(15)23-21(25)16(2)22)12-17-7-9-19(10-8-17)26-14-18-5-3-4-6-18;1-2;/h3,5-10,15,20H,2,11-14,22H2,1H3,(H,23,25);1-2H3;1H/t15-,20+;;/m1../s1. The predicted octanol–water partition coefficient (Wildman–Crippen LogP) is 3.40. The first-order valence-electron chi connectivity index (χ1n) is 9.82. The van der Waals surface area contributed by atoms with E-state index in [4.69, 9.17) is 10.5 Å². The number of rotatable bonds is 7. The number of nitrogens with zero attached hydrogens (tertiary/aromatic N) is 1. The lowest BCUT2D eigenvalue weighted by Crippen LogP contribution is -2.41. The highest BCUT2D eigenvalue weighted by atomic mass is 16.5. The minimum Gasteiger partial charge on any atom is -0.489 e. The second-order valence-corrected chi connectivity index (χ2v) is 6.93. The number of nitrogens with two attached hydrogens (primary N) is 1. The summed E-state index contributed by atoms with van der Waals surface area (Å²) in [5.41, 5.74) is 10.9. The summed E-state index contributed by atoms with van der Waals surface area (Å²) in [7, 11) is 0. The van der Waals surface area contributed by atoms with Crippen molar-refractivity contribution in [3.8, 4) is 5.75 Å². The maximum absolute atomic E-state index is 11.7. The molecule has 0 spiro atoms. The van der Waals surface area contributed by atoms with E-state index in [0.717, 1.165) is 31.0 Å². The van der Waals surface area contributed by atoms with Gasteiger partial charge in [-0.25, -0.2) is 0 Å². The fourth-order valence-electron chi connectivity index (χ4n) is 3.21. The molecule has 0 saturated carbocycles. The van der Waals surface area contributed by atoms with Crippen molar-refractivity contribution in [2.24, 2.45) is 11.7 Å². The summed E-state index contributed by atoms with van der Waals surface area (Å²) >= 11 is 0. The van der Waals surface area contributed by atoms with Crippen molar-refractivity contribution in [3.05, 3.63) is 71.6 Å². The second-order valence-electron chi connectivity index (χ2n) is 6.93. The summed E-state index contributed by atoms with van der Waals surface area (Å²) in [5, 5.41) is 2.96. The molecule has 1 saturated heterocycles. The molecule has 1 aliphatic carbocycles. The lowest BCUT2D eigenvalue weighted by atomic mass is 10.1. The first-order chi connectivity index (χ1) is 13.5. The SMILES string of the molecule is C=C(N)C(=O)N[C@H]1CN(Cc2ccc(OCC3=CC=C=C3)cc2)C[C@H]1C.CC.[HH]. The van der Waals surface area contributed by atoms with Gasteiger partial charge in [0.25, 0.3) is 5.91 Å². The third kappa shape index (κ3) is 6.15. The molecule has 5 nitrogen and oxygen atoms in total. The zero-order valence-electron chi connectivity index (χ0n) is 17.1. The van der Waals surface area contributed by atoms with E-state index in [0.29, 0.717) is 12.5 Å². The van der Waals surface area contributed by atoms with Crippen LogP contribution in [-0.4, -0.2) is 36.5 Å². The number of allylic oxidation sites excluding steroid dienone is 1. The third-order valence-corrected chi connectivity index (χ3v) is 4.69. The second kappa shape index (κ2) is 10.5. The Balaban J connectivity index is 0.00000136. The van der Waals surface area contributed by atoms with Crippen LogP contribution in [0.4, 0.5) is 0 Å². The van der Waals surface area contributed by atoms with Crippen molar-refractivity contribution in [1.29, 1.82) is 0 Å². The number of hydrogen-bond donors (Lipinski definition) is 2. The van der Waals surface area contributed by atoms with E-state index >= 15 is 0 Å². The van der Waals surface area contributed by atoms with E-state index in [9.17, 15) is 4.79 Å². The van der Waals surface area contributed by atoms with Crippen LogP contribution in [0.15, 0.2) is 66.1 Å². The van der Waals surface area contributed by atoms with Gasteiger partial charge < -0.3 is 15.8 Å². The molecule has 152 valence electrons. The first-order valence-corrected chi connectivity index (χ1v) is 9.82. The summed E-state index contributed by atoms with van der Waals surface area (Å²) in [6.07, 6.45) is 5.81. The number of likely N-dealkylation sites (tertiary alicyclic amines) is 1. The van der Waals surface area contributed by atoms with Gasteiger partial charge in [0.1, 0.15) is 12.4 Å². The van der Waals surface area contributed by atoms with E-state index < -0.39 is 0 Å². The summed E-state index contributed by atoms with van der Waals surface area (Å²) in [6.45, 7) is 12.8. The van der Waals surface area contributed by atoms with E-state index in [-0.39, 0.29) is 19.1 Å². The average Bonchev–Trinajstić information content (AvgIpc) is 3.33.